The number of hydrogen-bond acceptors (Lipinski definition) is 2. The fourth-order valence-corrected chi connectivity index (χ4v) is 2.14. The molecule has 0 unspecified atom stereocenters. The van der Waals surface area contributed by atoms with E-state index >= 15 is 0 Å². The highest BCUT2D eigenvalue weighted by Crippen LogP contribution is 2.11. The third-order valence-electron chi connectivity index (χ3n) is 3.28. The summed E-state index contributed by atoms with van der Waals surface area (Å²) in [5, 5.41) is 17.1. The Kier molecular flexibility index (Phi) is 22.1. The van der Waals surface area contributed by atoms with E-state index in [2.05, 4.69) is 12.2 Å². The molecule has 0 heterocycles. The molecule has 0 aliphatic heterocycles. The average Bonchev–Trinajstić information content (AvgIpc) is 2.39. The maximum Gasteiger partial charge on any atom is 0.503 e. The first-order valence-electron chi connectivity index (χ1n) is 8.21. The summed E-state index contributed by atoms with van der Waals surface area (Å²) in [5.41, 5.74) is 0. The lowest BCUT2D eigenvalue weighted by Gasteiger charge is -2.02. The van der Waals surface area contributed by atoms with Gasteiger partial charge in [-0.05, 0) is 20.0 Å². The summed E-state index contributed by atoms with van der Waals surface area (Å²) in [6.07, 6.45) is 15.4. The van der Waals surface area contributed by atoms with Crippen LogP contribution in [-0.4, -0.2) is 30.0 Å². The van der Waals surface area contributed by atoms with E-state index < -0.39 is 6.16 Å². The SMILES string of the molecule is CCCCCCCCCCCCCCNC.O=C(O)O. The molecular weight excluding hydrogens is 254 g/mol. The molecule has 0 saturated carbocycles. The van der Waals surface area contributed by atoms with Crippen LogP contribution in [0.3, 0.4) is 0 Å². The fourth-order valence-electron chi connectivity index (χ4n) is 2.14. The minimum Gasteiger partial charge on any atom is -0.450 e. The Morgan fingerprint density at radius 3 is 1.35 bits per heavy atom. The Morgan fingerprint density at radius 2 is 1.05 bits per heavy atom. The molecule has 0 aromatic heterocycles. The van der Waals surface area contributed by atoms with Gasteiger partial charge in [0.1, 0.15) is 0 Å². The van der Waals surface area contributed by atoms with E-state index in [4.69, 9.17) is 15.0 Å². The summed E-state index contributed by atoms with van der Waals surface area (Å²) in [6.45, 7) is 3.48. The van der Waals surface area contributed by atoms with Crippen molar-refractivity contribution in [1.29, 1.82) is 0 Å². The molecule has 0 saturated heterocycles. The van der Waals surface area contributed by atoms with Crippen molar-refractivity contribution < 1.29 is 15.0 Å². The number of rotatable bonds is 13. The lowest BCUT2D eigenvalue weighted by molar-refractivity contribution is 0.137. The van der Waals surface area contributed by atoms with Gasteiger partial charge in [-0.2, -0.15) is 0 Å². The van der Waals surface area contributed by atoms with Crippen molar-refractivity contribution in [3.05, 3.63) is 0 Å². The van der Waals surface area contributed by atoms with Gasteiger partial charge in [0.05, 0.1) is 0 Å². The van der Waals surface area contributed by atoms with Crippen LogP contribution >= 0.6 is 0 Å². The van der Waals surface area contributed by atoms with Gasteiger partial charge in [0.2, 0.25) is 0 Å². The molecule has 0 atom stereocenters. The van der Waals surface area contributed by atoms with Crippen LogP contribution in [0.1, 0.15) is 84.0 Å². The minimum absolute atomic E-state index is 1.19. The topological polar surface area (TPSA) is 69.6 Å². The average molecular weight is 289 g/mol. The highest BCUT2D eigenvalue weighted by Gasteiger charge is 1.92. The quantitative estimate of drug-likeness (QED) is 0.411. The number of carboxylic acid groups (broad SMARTS) is 2. The van der Waals surface area contributed by atoms with Crippen LogP contribution in [0, 0.1) is 0 Å². The highest BCUT2D eigenvalue weighted by molar-refractivity contribution is 5.53. The second kappa shape index (κ2) is 20.5. The molecule has 0 rings (SSSR count). The fraction of sp³-hybridized carbons (Fsp3) is 0.938. The van der Waals surface area contributed by atoms with Crippen LogP contribution in [0.4, 0.5) is 4.79 Å². The highest BCUT2D eigenvalue weighted by atomic mass is 16.6. The minimum atomic E-state index is -1.83. The van der Waals surface area contributed by atoms with Crippen LogP contribution in [0.15, 0.2) is 0 Å². The van der Waals surface area contributed by atoms with E-state index in [0.717, 1.165) is 0 Å². The van der Waals surface area contributed by atoms with Crippen molar-refractivity contribution in [2.75, 3.05) is 13.6 Å². The Balaban J connectivity index is 0. The van der Waals surface area contributed by atoms with Crippen molar-refractivity contribution in [3.8, 4) is 0 Å². The molecule has 4 nitrogen and oxygen atoms in total. The lowest BCUT2D eigenvalue weighted by Crippen LogP contribution is -2.06. The van der Waals surface area contributed by atoms with E-state index in [1.807, 2.05) is 7.05 Å². The summed E-state index contributed by atoms with van der Waals surface area (Å²) in [7, 11) is 2.04. The number of hydrogen-bond donors (Lipinski definition) is 3. The Labute approximate surface area is 125 Å². The van der Waals surface area contributed by atoms with Gasteiger partial charge in [-0.15, -0.1) is 0 Å². The molecule has 0 aliphatic rings. The third-order valence-corrected chi connectivity index (χ3v) is 3.28. The summed E-state index contributed by atoms with van der Waals surface area (Å²) in [6, 6.07) is 0. The Morgan fingerprint density at radius 1 is 0.750 bits per heavy atom. The lowest BCUT2D eigenvalue weighted by atomic mass is 10.1. The molecule has 3 N–H and O–H groups in total. The van der Waals surface area contributed by atoms with Gasteiger partial charge >= 0.3 is 6.16 Å². The summed E-state index contributed by atoms with van der Waals surface area (Å²) >= 11 is 0. The standard InChI is InChI=1S/C15H33N.CH2O3/c1-3-4-5-6-7-8-9-10-11-12-13-14-15-16-2;2-1(3)4/h16H,3-15H2,1-2H3;(H2,2,3,4). The first kappa shape index (κ1) is 21.5. The molecule has 0 radical (unpaired) electrons. The van der Waals surface area contributed by atoms with Crippen LogP contribution in [0.2, 0.25) is 0 Å². The largest absolute Gasteiger partial charge is 0.503 e. The third kappa shape index (κ3) is 30.3. The zero-order valence-electron chi connectivity index (χ0n) is 13.5. The van der Waals surface area contributed by atoms with Crippen molar-refractivity contribution in [2.45, 2.75) is 84.0 Å². The van der Waals surface area contributed by atoms with Gasteiger partial charge in [-0.1, -0.05) is 77.6 Å². The first-order chi connectivity index (χ1) is 9.65. The van der Waals surface area contributed by atoms with Crippen LogP contribution < -0.4 is 5.32 Å². The zero-order valence-corrected chi connectivity index (χ0v) is 13.5. The van der Waals surface area contributed by atoms with E-state index in [9.17, 15) is 0 Å². The Bertz CT molecular complexity index is 169. The summed E-state index contributed by atoms with van der Waals surface area (Å²) in [5.74, 6) is 0. The number of carbonyl (C=O) groups is 1. The molecule has 0 amide bonds. The monoisotopic (exact) mass is 289 g/mol. The van der Waals surface area contributed by atoms with Crippen LogP contribution in [0.5, 0.6) is 0 Å². The number of nitrogens with one attached hydrogen (secondary N) is 1. The van der Waals surface area contributed by atoms with Gasteiger partial charge in [-0.3, -0.25) is 0 Å². The summed E-state index contributed by atoms with van der Waals surface area (Å²) in [4.78, 5) is 8.56. The van der Waals surface area contributed by atoms with Gasteiger partial charge < -0.3 is 15.5 Å². The molecule has 20 heavy (non-hydrogen) atoms. The molecule has 0 fully saturated rings. The molecule has 122 valence electrons. The molecule has 0 aliphatic carbocycles. The van der Waals surface area contributed by atoms with Gasteiger partial charge in [0.15, 0.2) is 0 Å². The predicted molar refractivity (Wildman–Crippen MR) is 85.7 cm³/mol. The maximum atomic E-state index is 8.56. The molecule has 0 aromatic carbocycles. The normalized spacial score (nSPS) is 9.90. The van der Waals surface area contributed by atoms with Crippen LogP contribution in [0.25, 0.3) is 0 Å². The molecular formula is C16H35NO3. The van der Waals surface area contributed by atoms with Gasteiger partial charge in [0.25, 0.3) is 0 Å². The molecule has 4 heteroatoms. The van der Waals surface area contributed by atoms with Crippen molar-refractivity contribution >= 4 is 6.16 Å². The van der Waals surface area contributed by atoms with E-state index in [0.29, 0.717) is 0 Å². The van der Waals surface area contributed by atoms with Crippen LogP contribution in [-0.2, 0) is 0 Å². The van der Waals surface area contributed by atoms with Crippen molar-refractivity contribution in [3.63, 3.8) is 0 Å². The van der Waals surface area contributed by atoms with Crippen molar-refractivity contribution in [1.82, 2.24) is 5.32 Å². The second-order valence-corrected chi connectivity index (χ2v) is 5.28. The maximum absolute atomic E-state index is 8.56. The molecule has 0 aromatic rings. The predicted octanol–water partition coefficient (Wildman–Crippen LogP) is 5.13. The second-order valence-electron chi connectivity index (χ2n) is 5.28. The number of unbranched alkanes of at least 4 members (excludes halogenated alkanes) is 11. The zero-order chi connectivity index (χ0) is 15.5. The van der Waals surface area contributed by atoms with E-state index in [-0.39, 0.29) is 0 Å². The smallest absolute Gasteiger partial charge is 0.450 e. The van der Waals surface area contributed by atoms with Crippen molar-refractivity contribution in [2.24, 2.45) is 0 Å². The summed E-state index contributed by atoms with van der Waals surface area (Å²) < 4.78 is 0. The molecule has 0 bridgehead atoms. The first-order valence-corrected chi connectivity index (χ1v) is 8.21. The van der Waals surface area contributed by atoms with E-state index in [1.54, 1.807) is 0 Å². The Hall–Kier alpha value is -0.770. The van der Waals surface area contributed by atoms with E-state index in [1.165, 1.54) is 83.6 Å². The molecule has 0 spiro atoms. The van der Waals surface area contributed by atoms with Gasteiger partial charge in [-0.25, -0.2) is 4.79 Å². The van der Waals surface area contributed by atoms with Gasteiger partial charge in [0, 0.05) is 0 Å².